The van der Waals surface area contributed by atoms with Crippen LogP contribution in [0.3, 0.4) is 0 Å². The fraction of sp³-hybridized carbons (Fsp3) is 0.278. The van der Waals surface area contributed by atoms with Crippen LogP contribution in [-0.2, 0) is 16.6 Å². The summed E-state index contributed by atoms with van der Waals surface area (Å²) in [5.41, 5.74) is 1.12. The van der Waals surface area contributed by atoms with E-state index in [0.29, 0.717) is 19.6 Å². The molecule has 0 unspecified atom stereocenters. The molecule has 132 valence electrons. The summed E-state index contributed by atoms with van der Waals surface area (Å²) in [7, 11) is -3.58. The first-order valence-electron chi connectivity index (χ1n) is 8.10. The Hall–Kier alpha value is -1.89. The predicted molar refractivity (Wildman–Crippen MR) is 97.1 cm³/mol. The van der Waals surface area contributed by atoms with Crippen LogP contribution in [0.2, 0.25) is 5.02 Å². The predicted octanol–water partition coefficient (Wildman–Crippen LogP) is 3.05. The van der Waals surface area contributed by atoms with Gasteiger partial charge in [0.25, 0.3) is 5.91 Å². The Balaban J connectivity index is 1.80. The van der Waals surface area contributed by atoms with Crippen LogP contribution in [0.15, 0.2) is 53.4 Å². The number of nitrogens with one attached hydrogen (secondary N) is 1. The molecule has 2 aromatic carbocycles. The minimum absolute atomic E-state index is 0.101. The van der Waals surface area contributed by atoms with Gasteiger partial charge in [0.15, 0.2) is 0 Å². The molecule has 0 radical (unpaired) electrons. The third kappa shape index (κ3) is 4.03. The molecule has 2 aromatic rings. The van der Waals surface area contributed by atoms with Crippen molar-refractivity contribution in [3.05, 3.63) is 64.7 Å². The van der Waals surface area contributed by atoms with Crippen molar-refractivity contribution in [1.29, 1.82) is 0 Å². The van der Waals surface area contributed by atoms with Gasteiger partial charge in [-0.1, -0.05) is 41.9 Å². The molecule has 1 saturated heterocycles. The summed E-state index contributed by atoms with van der Waals surface area (Å²) >= 11 is 6.11. The quantitative estimate of drug-likeness (QED) is 0.869. The first-order chi connectivity index (χ1) is 12.0. The highest BCUT2D eigenvalue weighted by molar-refractivity contribution is 7.89. The number of halogens is 1. The fourth-order valence-electron chi connectivity index (χ4n) is 2.79. The molecule has 1 fully saturated rings. The smallest absolute Gasteiger partial charge is 0.253 e. The number of amides is 1. The topological polar surface area (TPSA) is 66.5 Å². The van der Waals surface area contributed by atoms with E-state index >= 15 is 0 Å². The van der Waals surface area contributed by atoms with Gasteiger partial charge in [-0.25, -0.2) is 8.42 Å². The molecule has 1 aliphatic heterocycles. The first kappa shape index (κ1) is 17.9. The van der Waals surface area contributed by atoms with E-state index in [1.54, 1.807) is 0 Å². The molecule has 0 aromatic heterocycles. The van der Waals surface area contributed by atoms with Crippen LogP contribution in [0.1, 0.15) is 28.8 Å². The van der Waals surface area contributed by atoms with Gasteiger partial charge in [0.1, 0.15) is 0 Å². The first-order valence-corrected chi connectivity index (χ1v) is 9.92. The second kappa shape index (κ2) is 7.56. The molecule has 0 spiro atoms. The maximum absolute atomic E-state index is 12.7. The maximum atomic E-state index is 12.7. The monoisotopic (exact) mass is 378 g/mol. The SMILES string of the molecule is O=C(NCc1ccccc1)c1cc(S(=O)(=O)N2CCCC2)ccc1Cl. The largest absolute Gasteiger partial charge is 0.348 e. The number of hydrogen-bond donors (Lipinski definition) is 1. The lowest BCUT2D eigenvalue weighted by molar-refractivity contribution is 0.0951. The molecular formula is C18H19ClN2O3S. The molecule has 1 aliphatic rings. The van der Waals surface area contributed by atoms with E-state index in [1.165, 1.54) is 22.5 Å². The zero-order chi connectivity index (χ0) is 17.9. The van der Waals surface area contributed by atoms with Gasteiger partial charge in [0, 0.05) is 19.6 Å². The van der Waals surface area contributed by atoms with E-state index in [-0.39, 0.29) is 15.5 Å². The van der Waals surface area contributed by atoms with Crippen LogP contribution in [0.25, 0.3) is 0 Å². The second-order valence-electron chi connectivity index (χ2n) is 5.92. The molecule has 0 aliphatic carbocycles. The van der Waals surface area contributed by atoms with Crippen molar-refractivity contribution in [2.75, 3.05) is 13.1 Å². The second-order valence-corrected chi connectivity index (χ2v) is 8.27. The number of nitrogens with zero attached hydrogens (tertiary/aromatic N) is 1. The van der Waals surface area contributed by atoms with Gasteiger partial charge in [0.05, 0.1) is 15.5 Å². The zero-order valence-corrected chi connectivity index (χ0v) is 15.2. The summed E-state index contributed by atoms with van der Waals surface area (Å²) < 4.78 is 26.7. The van der Waals surface area contributed by atoms with E-state index in [4.69, 9.17) is 11.6 Å². The summed E-state index contributed by atoms with van der Waals surface area (Å²) in [5.74, 6) is -0.396. The molecular weight excluding hydrogens is 360 g/mol. The highest BCUT2D eigenvalue weighted by Crippen LogP contribution is 2.25. The molecule has 25 heavy (non-hydrogen) atoms. The van der Waals surface area contributed by atoms with Crippen molar-refractivity contribution >= 4 is 27.5 Å². The molecule has 7 heteroatoms. The highest BCUT2D eigenvalue weighted by atomic mass is 35.5. The van der Waals surface area contributed by atoms with Crippen molar-refractivity contribution in [3.63, 3.8) is 0 Å². The number of hydrogen-bond acceptors (Lipinski definition) is 3. The third-order valence-corrected chi connectivity index (χ3v) is 6.41. The van der Waals surface area contributed by atoms with Crippen molar-refractivity contribution in [1.82, 2.24) is 9.62 Å². The Morgan fingerprint density at radius 1 is 1.08 bits per heavy atom. The van der Waals surface area contributed by atoms with Crippen LogP contribution < -0.4 is 5.32 Å². The van der Waals surface area contributed by atoms with Gasteiger partial charge in [-0.05, 0) is 36.6 Å². The van der Waals surface area contributed by atoms with Crippen molar-refractivity contribution in [2.24, 2.45) is 0 Å². The number of carbonyl (C=O) groups excluding carboxylic acids is 1. The summed E-state index contributed by atoms with van der Waals surface area (Å²) in [6, 6.07) is 13.7. The molecule has 3 rings (SSSR count). The van der Waals surface area contributed by atoms with Gasteiger partial charge in [-0.15, -0.1) is 0 Å². The van der Waals surface area contributed by atoms with E-state index in [1.807, 2.05) is 30.3 Å². The van der Waals surface area contributed by atoms with E-state index in [0.717, 1.165) is 18.4 Å². The van der Waals surface area contributed by atoms with Crippen molar-refractivity contribution < 1.29 is 13.2 Å². The summed E-state index contributed by atoms with van der Waals surface area (Å²) in [5, 5.41) is 3.00. The molecule has 1 amide bonds. The summed E-state index contributed by atoms with van der Waals surface area (Å²) in [4.78, 5) is 12.5. The van der Waals surface area contributed by atoms with Gasteiger partial charge in [-0.3, -0.25) is 4.79 Å². The summed E-state index contributed by atoms with van der Waals surface area (Å²) in [6.45, 7) is 1.38. The van der Waals surface area contributed by atoms with Gasteiger partial charge >= 0.3 is 0 Å². The highest BCUT2D eigenvalue weighted by Gasteiger charge is 2.28. The molecule has 1 heterocycles. The lowest BCUT2D eigenvalue weighted by atomic mass is 10.2. The molecule has 1 N–H and O–H groups in total. The van der Waals surface area contributed by atoms with Crippen LogP contribution in [0.4, 0.5) is 0 Å². The minimum Gasteiger partial charge on any atom is -0.348 e. The number of sulfonamides is 1. The van der Waals surface area contributed by atoms with Crippen LogP contribution in [0, 0.1) is 0 Å². The Kier molecular flexibility index (Phi) is 5.42. The number of benzene rings is 2. The van der Waals surface area contributed by atoms with Gasteiger partial charge < -0.3 is 5.32 Å². The van der Waals surface area contributed by atoms with Crippen LogP contribution in [-0.4, -0.2) is 31.7 Å². The fourth-order valence-corrected chi connectivity index (χ4v) is 4.54. The normalized spacial score (nSPS) is 15.2. The molecule has 5 nitrogen and oxygen atoms in total. The Morgan fingerprint density at radius 2 is 1.76 bits per heavy atom. The Morgan fingerprint density at radius 3 is 2.44 bits per heavy atom. The van der Waals surface area contributed by atoms with Crippen LogP contribution in [0.5, 0.6) is 0 Å². The lowest BCUT2D eigenvalue weighted by Crippen LogP contribution is -2.28. The Bertz CT molecular complexity index is 863. The lowest BCUT2D eigenvalue weighted by Gasteiger charge is -2.16. The average molecular weight is 379 g/mol. The van der Waals surface area contributed by atoms with E-state index in [2.05, 4.69) is 5.32 Å². The number of rotatable bonds is 5. The third-order valence-electron chi connectivity index (χ3n) is 4.18. The zero-order valence-electron chi connectivity index (χ0n) is 13.6. The Labute approximate surface area is 152 Å². The standard InChI is InChI=1S/C18H19ClN2O3S/c19-17-9-8-15(25(23,24)21-10-4-5-11-21)12-16(17)18(22)20-13-14-6-2-1-3-7-14/h1-3,6-9,12H,4-5,10-11,13H2,(H,20,22). The van der Waals surface area contributed by atoms with E-state index in [9.17, 15) is 13.2 Å². The van der Waals surface area contributed by atoms with Crippen molar-refractivity contribution in [2.45, 2.75) is 24.3 Å². The molecule has 0 atom stereocenters. The average Bonchev–Trinajstić information content (AvgIpc) is 3.16. The van der Waals surface area contributed by atoms with Crippen molar-refractivity contribution in [3.8, 4) is 0 Å². The summed E-state index contributed by atoms with van der Waals surface area (Å²) in [6.07, 6.45) is 1.72. The van der Waals surface area contributed by atoms with Gasteiger partial charge in [-0.2, -0.15) is 4.31 Å². The van der Waals surface area contributed by atoms with E-state index < -0.39 is 15.9 Å². The molecule has 0 bridgehead atoms. The maximum Gasteiger partial charge on any atom is 0.253 e. The minimum atomic E-state index is -3.58. The van der Waals surface area contributed by atoms with Crippen LogP contribution >= 0.6 is 11.6 Å². The molecule has 0 saturated carbocycles. The number of carbonyl (C=O) groups is 1. The van der Waals surface area contributed by atoms with Gasteiger partial charge in [0.2, 0.25) is 10.0 Å².